The molecule has 0 spiro atoms. The molecule has 0 fully saturated rings. The van der Waals surface area contributed by atoms with Crippen LogP contribution < -0.4 is 0 Å². The van der Waals surface area contributed by atoms with E-state index < -0.39 is 0 Å². The molecule has 1 unspecified atom stereocenters. The van der Waals surface area contributed by atoms with E-state index in [9.17, 15) is 4.79 Å². The van der Waals surface area contributed by atoms with Gasteiger partial charge in [0.1, 0.15) is 5.69 Å². The highest BCUT2D eigenvalue weighted by molar-refractivity contribution is 7.09. The average Bonchev–Trinajstić information content (AvgIpc) is 2.60. The third-order valence-corrected chi connectivity index (χ3v) is 3.04. The van der Waals surface area contributed by atoms with Crippen LogP contribution in [0.25, 0.3) is 0 Å². The van der Waals surface area contributed by atoms with E-state index >= 15 is 0 Å². The van der Waals surface area contributed by atoms with Gasteiger partial charge in [0.05, 0.1) is 5.01 Å². The quantitative estimate of drug-likeness (QED) is 0.765. The van der Waals surface area contributed by atoms with Gasteiger partial charge in [-0.3, -0.25) is 4.79 Å². The summed E-state index contributed by atoms with van der Waals surface area (Å²) in [5.74, 6) is -0.0309. The molecule has 0 aliphatic carbocycles. The molecule has 0 saturated carbocycles. The molecule has 1 rings (SSSR count). The molecule has 1 atom stereocenters. The number of hydrogen-bond donors (Lipinski definition) is 0. The second-order valence-electron chi connectivity index (χ2n) is 3.55. The van der Waals surface area contributed by atoms with Crippen LogP contribution in [0.3, 0.4) is 0 Å². The summed E-state index contributed by atoms with van der Waals surface area (Å²) in [6, 6.07) is 0. The van der Waals surface area contributed by atoms with E-state index in [1.165, 1.54) is 11.3 Å². The number of carbonyl (C=O) groups excluding carboxylic acids is 1. The van der Waals surface area contributed by atoms with Gasteiger partial charge in [-0.1, -0.05) is 0 Å². The summed E-state index contributed by atoms with van der Waals surface area (Å²) in [5, 5.41) is 2.80. The van der Waals surface area contributed by atoms with E-state index in [0.717, 1.165) is 11.4 Å². The molecular formula is C10H15ClN2OS. The Morgan fingerprint density at radius 1 is 1.73 bits per heavy atom. The number of aryl methyl sites for hydroxylation is 1. The second kappa shape index (κ2) is 5.47. The topological polar surface area (TPSA) is 33.2 Å². The number of carbonyl (C=O) groups is 1. The number of hydrogen-bond acceptors (Lipinski definition) is 3. The molecule has 84 valence electrons. The summed E-state index contributed by atoms with van der Waals surface area (Å²) in [7, 11) is 1.77. The number of rotatable bonds is 4. The van der Waals surface area contributed by atoms with Crippen molar-refractivity contribution in [3.63, 3.8) is 0 Å². The van der Waals surface area contributed by atoms with Crippen molar-refractivity contribution in [1.29, 1.82) is 0 Å². The van der Waals surface area contributed by atoms with Crippen LogP contribution in [0.15, 0.2) is 5.38 Å². The Kier molecular flexibility index (Phi) is 4.54. The number of halogens is 1. The van der Waals surface area contributed by atoms with Gasteiger partial charge in [-0.25, -0.2) is 4.98 Å². The number of nitrogens with zero attached hydrogens (tertiary/aromatic N) is 2. The first-order valence-electron chi connectivity index (χ1n) is 4.82. The number of thiazole rings is 1. The van der Waals surface area contributed by atoms with E-state index in [4.69, 9.17) is 11.6 Å². The lowest BCUT2D eigenvalue weighted by Gasteiger charge is -2.16. The van der Waals surface area contributed by atoms with Crippen molar-refractivity contribution in [2.75, 3.05) is 13.6 Å². The largest absolute Gasteiger partial charge is 0.340 e. The predicted molar refractivity (Wildman–Crippen MR) is 63.7 cm³/mol. The van der Waals surface area contributed by atoms with E-state index in [1.54, 1.807) is 17.3 Å². The van der Waals surface area contributed by atoms with Crippen LogP contribution in [0.4, 0.5) is 0 Å². The highest BCUT2D eigenvalue weighted by Crippen LogP contribution is 2.10. The maximum atomic E-state index is 11.8. The van der Waals surface area contributed by atoms with Crippen LogP contribution in [-0.4, -0.2) is 34.8 Å². The van der Waals surface area contributed by atoms with Gasteiger partial charge < -0.3 is 4.90 Å². The highest BCUT2D eigenvalue weighted by Gasteiger charge is 2.14. The van der Waals surface area contributed by atoms with Crippen molar-refractivity contribution in [3.8, 4) is 0 Å². The molecular weight excluding hydrogens is 232 g/mol. The number of aromatic nitrogens is 1. The first-order valence-corrected chi connectivity index (χ1v) is 6.14. The first-order chi connectivity index (χ1) is 7.00. The van der Waals surface area contributed by atoms with E-state index in [0.29, 0.717) is 12.2 Å². The van der Waals surface area contributed by atoms with Crippen LogP contribution in [0.2, 0.25) is 0 Å². The SMILES string of the molecule is Cc1nc(C(=O)N(C)CCC(C)Cl)cs1. The molecule has 1 amide bonds. The van der Waals surface area contributed by atoms with Crippen molar-refractivity contribution in [2.45, 2.75) is 25.6 Å². The molecule has 0 aliphatic heterocycles. The molecule has 0 bridgehead atoms. The lowest BCUT2D eigenvalue weighted by molar-refractivity contribution is 0.0788. The fourth-order valence-corrected chi connectivity index (χ4v) is 1.81. The molecule has 15 heavy (non-hydrogen) atoms. The smallest absolute Gasteiger partial charge is 0.273 e. The molecule has 0 saturated heterocycles. The van der Waals surface area contributed by atoms with Gasteiger partial charge in [0, 0.05) is 24.3 Å². The monoisotopic (exact) mass is 246 g/mol. The highest BCUT2D eigenvalue weighted by atomic mass is 35.5. The van der Waals surface area contributed by atoms with Gasteiger partial charge in [-0.2, -0.15) is 0 Å². The minimum atomic E-state index is -0.0309. The minimum absolute atomic E-state index is 0.0309. The zero-order valence-electron chi connectivity index (χ0n) is 9.16. The Labute approximate surface area is 99.1 Å². The zero-order valence-corrected chi connectivity index (χ0v) is 10.7. The van der Waals surface area contributed by atoms with Gasteiger partial charge in [0.2, 0.25) is 0 Å². The fraction of sp³-hybridized carbons (Fsp3) is 0.600. The van der Waals surface area contributed by atoms with Crippen molar-refractivity contribution in [3.05, 3.63) is 16.1 Å². The molecule has 1 aromatic heterocycles. The van der Waals surface area contributed by atoms with Crippen LogP contribution in [0.1, 0.15) is 28.8 Å². The predicted octanol–water partition coefficient (Wildman–Crippen LogP) is 2.54. The average molecular weight is 247 g/mol. The Morgan fingerprint density at radius 3 is 2.87 bits per heavy atom. The summed E-state index contributed by atoms with van der Waals surface area (Å²) in [6.07, 6.45) is 0.799. The maximum Gasteiger partial charge on any atom is 0.273 e. The zero-order chi connectivity index (χ0) is 11.4. The molecule has 0 N–H and O–H groups in total. The molecule has 0 aliphatic rings. The van der Waals surface area contributed by atoms with Crippen molar-refractivity contribution in [2.24, 2.45) is 0 Å². The van der Waals surface area contributed by atoms with Crippen molar-refractivity contribution < 1.29 is 4.79 Å². The van der Waals surface area contributed by atoms with Crippen LogP contribution in [0.5, 0.6) is 0 Å². The summed E-state index contributed by atoms with van der Waals surface area (Å²) >= 11 is 7.31. The van der Waals surface area contributed by atoms with Gasteiger partial charge in [0.15, 0.2) is 0 Å². The minimum Gasteiger partial charge on any atom is -0.340 e. The Morgan fingerprint density at radius 2 is 2.40 bits per heavy atom. The molecule has 1 heterocycles. The molecule has 0 aromatic carbocycles. The van der Waals surface area contributed by atoms with E-state index in [2.05, 4.69) is 4.98 Å². The van der Waals surface area contributed by atoms with Crippen LogP contribution in [0, 0.1) is 6.92 Å². The lowest BCUT2D eigenvalue weighted by atomic mass is 10.3. The molecule has 1 aromatic rings. The normalized spacial score (nSPS) is 12.5. The molecule has 5 heteroatoms. The third kappa shape index (κ3) is 3.80. The van der Waals surface area contributed by atoms with Gasteiger partial charge >= 0.3 is 0 Å². The Bertz CT molecular complexity index is 338. The third-order valence-electron chi connectivity index (χ3n) is 2.05. The Hall–Kier alpha value is -0.610. The van der Waals surface area contributed by atoms with Gasteiger partial charge in [0.25, 0.3) is 5.91 Å². The van der Waals surface area contributed by atoms with Crippen molar-refractivity contribution in [1.82, 2.24) is 9.88 Å². The number of amides is 1. The second-order valence-corrected chi connectivity index (χ2v) is 5.36. The Balaban J connectivity index is 2.53. The standard InChI is InChI=1S/C10H15ClN2OS/c1-7(11)4-5-13(3)10(14)9-6-15-8(2)12-9/h6-7H,4-5H2,1-3H3. The summed E-state index contributed by atoms with van der Waals surface area (Å²) in [4.78, 5) is 17.6. The maximum absolute atomic E-state index is 11.8. The summed E-state index contributed by atoms with van der Waals surface area (Å²) in [5.41, 5.74) is 0.530. The van der Waals surface area contributed by atoms with Gasteiger partial charge in [-0.15, -0.1) is 22.9 Å². The van der Waals surface area contributed by atoms with E-state index in [-0.39, 0.29) is 11.3 Å². The lowest BCUT2D eigenvalue weighted by Crippen LogP contribution is -2.29. The molecule has 0 radical (unpaired) electrons. The van der Waals surface area contributed by atoms with Gasteiger partial charge in [-0.05, 0) is 20.3 Å². The number of alkyl halides is 1. The first kappa shape index (κ1) is 12.5. The van der Waals surface area contributed by atoms with E-state index in [1.807, 2.05) is 13.8 Å². The summed E-state index contributed by atoms with van der Waals surface area (Å²) in [6.45, 7) is 4.48. The van der Waals surface area contributed by atoms with Crippen molar-refractivity contribution >= 4 is 28.8 Å². The molecule has 3 nitrogen and oxygen atoms in total. The summed E-state index contributed by atoms with van der Waals surface area (Å²) < 4.78 is 0. The van der Waals surface area contributed by atoms with Crippen LogP contribution >= 0.6 is 22.9 Å². The van der Waals surface area contributed by atoms with Crippen LogP contribution in [-0.2, 0) is 0 Å². The fourth-order valence-electron chi connectivity index (χ4n) is 1.13.